The van der Waals surface area contributed by atoms with Crippen LogP contribution in [0.15, 0.2) is 58.5 Å². The Labute approximate surface area is 170 Å². The van der Waals surface area contributed by atoms with Gasteiger partial charge in [0.2, 0.25) is 5.91 Å². The molecule has 9 heteroatoms. The number of benzene rings is 2. The number of aromatic nitrogens is 3. The van der Waals surface area contributed by atoms with Crippen molar-refractivity contribution in [3.8, 4) is 6.07 Å². The fraction of sp³-hybridized carbons (Fsp3) is 0.158. The summed E-state index contributed by atoms with van der Waals surface area (Å²) in [7, 11) is 0. The van der Waals surface area contributed by atoms with Gasteiger partial charge in [-0.05, 0) is 30.7 Å². The van der Waals surface area contributed by atoms with Crippen molar-refractivity contribution in [1.29, 1.82) is 5.26 Å². The van der Waals surface area contributed by atoms with Crippen LogP contribution in [0.2, 0.25) is 5.02 Å². The van der Waals surface area contributed by atoms with Gasteiger partial charge in [0.1, 0.15) is 6.07 Å². The quantitative estimate of drug-likeness (QED) is 0.603. The highest BCUT2D eigenvalue weighted by molar-refractivity contribution is 8.00. The van der Waals surface area contributed by atoms with Gasteiger partial charge < -0.3 is 5.32 Å². The number of hydrogen-bond donors (Lipinski definition) is 2. The number of hydrogen-bond acceptors (Lipinski definition) is 5. The molecule has 142 valence electrons. The normalized spacial score (nSPS) is 11.6. The van der Waals surface area contributed by atoms with Gasteiger partial charge in [-0.25, -0.2) is 9.89 Å². The fourth-order valence-corrected chi connectivity index (χ4v) is 3.52. The van der Waals surface area contributed by atoms with E-state index in [4.69, 9.17) is 16.9 Å². The minimum Gasteiger partial charge on any atom is -0.325 e. The Kier molecular flexibility index (Phi) is 6.19. The van der Waals surface area contributed by atoms with Crippen LogP contribution >= 0.6 is 23.4 Å². The number of halogens is 1. The predicted octanol–water partition coefficient (Wildman–Crippen LogP) is 3.26. The molecule has 0 aliphatic carbocycles. The molecule has 0 saturated carbocycles. The molecule has 2 N–H and O–H groups in total. The molecule has 0 radical (unpaired) electrons. The van der Waals surface area contributed by atoms with E-state index in [0.717, 1.165) is 5.56 Å². The van der Waals surface area contributed by atoms with Crippen molar-refractivity contribution in [3.05, 3.63) is 75.2 Å². The van der Waals surface area contributed by atoms with Crippen molar-refractivity contribution in [2.24, 2.45) is 0 Å². The van der Waals surface area contributed by atoms with E-state index in [9.17, 15) is 9.59 Å². The third-order valence-electron chi connectivity index (χ3n) is 3.92. The van der Waals surface area contributed by atoms with Crippen LogP contribution in [0.5, 0.6) is 0 Å². The Hall–Kier alpha value is -3.02. The van der Waals surface area contributed by atoms with E-state index in [1.165, 1.54) is 22.4 Å². The van der Waals surface area contributed by atoms with Crippen LogP contribution < -0.4 is 11.0 Å². The SMILES string of the molecule is CC(Sc1n[nH]c(=O)n1Cc1ccccc1)C(=O)Nc1ccc(C#N)c(Cl)c1. The fourth-order valence-electron chi connectivity index (χ4n) is 2.44. The molecule has 1 amide bonds. The molecule has 7 nitrogen and oxygen atoms in total. The number of amides is 1. The molecule has 0 fully saturated rings. The van der Waals surface area contributed by atoms with E-state index in [1.807, 2.05) is 36.4 Å². The summed E-state index contributed by atoms with van der Waals surface area (Å²) in [4.78, 5) is 24.6. The molecular weight excluding hydrogens is 398 g/mol. The van der Waals surface area contributed by atoms with E-state index in [1.54, 1.807) is 19.1 Å². The Morgan fingerprint density at radius 1 is 1.36 bits per heavy atom. The number of rotatable bonds is 6. The molecule has 0 aliphatic rings. The molecule has 3 aromatic rings. The highest BCUT2D eigenvalue weighted by Crippen LogP contribution is 2.24. The van der Waals surface area contributed by atoms with Crippen LogP contribution in [-0.4, -0.2) is 25.9 Å². The van der Waals surface area contributed by atoms with Crippen molar-refractivity contribution in [2.45, 2.75) is 23.9 Å². The Morgan fingerprint density at radius 2 is 2.11 bits per heavy atom. The van der Waals surface area contributed by atoms with Crippen molar-refractivity contribution in [3.63, 3.8) is 0 Å². The zero-order valence-electron chi connectivity index (χ0n) is 14.8. The summed E-state index contributed by atoms with van der Waals surface area (Å²) in [5.41, 5.74) is 1.45. The molecule has 1 heterocycles. The van der Waals surface area contributed by atoms with Crippen molar-refractivity contribution >= 4 is 35.0 Å². The van der Waals surface area contributed by atoms with Crippen LogP contribution in [0.1, 0.15) is 18.1 Å². The Morgan fingerprint density at radius 3 is 2.79 bits per heavy atom. The maximum atomic E-state index is 12.5. The van der Waals surface area contributed by atoms with E-state index < -0.39 is 5.25 Å². The molecular formula is C19H16ClN5O2S. The number of nitrogens with one attached hydrogen (secondary N) is 2. The summed E-state index contributed by atoms with van der Waals surface area (Å²) in [5, 5.41) is 18.3. The third-order valence-corrected chi connectivity index (χ3v) is 5.32. The third kappa shape index (κ3) is 4.63. The lowest BCUT2D eigenvalue weighted by Crippen LogP contribution is -2.24. The molecule has 0 bridgehead atoms. The maximum absolute atomic E-state index is 12.5. The molecule has 28 heavy (non-hydrogen) atoms. The summed E-state index contributed by atoms with van der Waals surface area (Å²) in [6.45, 7) is 2.08. The number of carbonyl (C=O) groups excluding carboxylic acids is 1. The number of aromatic amines is 1. The van der Waals surface area contributed by atoms with Crippen molar-refractivity contribution < 1.29 is 4.79 Å². The van der Waals surface area contributed by atoms with Crippen LogP contribution in [0.25, 0.3) is 0 Å². The number of nitrogens with zero attached hydrogens (tertiary/aromatic N) is 3. The standard InChI is InChI=1S/C19H16ClN5O2S/c1-12(17(26)22-15-8-7-14(10-21)16(20)9-15)28-19-24-23-18(27)25(19)11-13-5-3-2-4-6-13/h2-9,12H,11H2,1H3,(H,22,26)(H,23,27). The van der Waals surface area contributed by atoms with Gasteiger partial charge in [-0.2, -0.15) is 5.26 Å². The molecule has 2 aromatic carbocycles. The number of nitriles is 1. The smallest absolute Gasteiger partial charge is 0.325 e. The molecule has 3 rings (SSSR count). The van der Waals surface area contributed by atoms with Crippen LogP contribution in [0.4, 0.5) is 5.69 Å². The lowest BCUT2D eigenvalue weighted by atomic mass is 10.2. The highest BCUT2D eigenvalue weighted by Gasteiger charge is 2.19. The first-order valence-electron chi connectivity index (χ1n) is 8.34. The summed E-state index contributed by atoms with van der Waals surface area (Å²) in [6, 6.07) is 16.2. The van der Waals surface area contributed by atoms with Crippen LogP contribution in [-0.2, 0) is 11.3 Å². The Bertz CT molecular complexity index is 1090. The monoisotopic (exact) mass is 413 g/mol. The molecule has 0 spiro atoms. The lowest BCUT2D eigenvalue weighted by molar-refractivity contribution is -0.115. The molecule has 0 saturated heterocycles. The number of carbonyl (C=O) groups is 1. The van der Waals surface area contributed by atoms with Gasteiger partial charge in [-0.1, -0.05) is 53.7 Å². The van der Waals surface area contributed by atoms with E-state index in [0.29, 0.717) is 23.0 Å². The summed E-state index contributed by atoms with van der Waals surface area (Å²) < 4.78 is 1.49. The molecule has 1 atom stereocenters. The number of H-pyrrole nitrogens is 1. The summed E-state index contributed by atoms with van der Waals surface area (Å²) in [6.07, 6.45) is 0. The van der Waals surface area contributed by atoms with Gasteiger partial charge in [-0.3, -0.25) is 9.36 Å². The van der Waals surface area contributed by atoms with Gasteiger partial charge in [0.15, 0.2) is 5.16 Å². The van der Waals surface area contributed by atoms with E-state index in [2.05, 4.69) is 15.5 Å². The highest BCUT2D eigenvalue weighted by atomic mass is 35.5. The maximum Gasteiger partial charge on any atom is 0.344 e. The first-order valence-corrected chi connectivity index (χ1v) is 9.60. The van der Waals surface area contributed by atoms with Gasteiger partial charge in [0.05, 0.1) is 22.4 Å². The van der Waals surface area contributed by atoms with Gasteiger partial charge >= 0.3 is 5.69 Å². The first kappa shape index (κ1) is 19.7. The zero-order chi connectivity index (χ0) is 20.1. The lowest BCUT2D eigenvalue weighted by Gasteiger charge is -2.12. The molecule has 1 unspecified atom stereocenters. The average Bonchev–Trinajstić information content (AvgIpc) is 3.02. The predicted molar refractivity (Wildman–Crippen MR) is 109 cm³/mol. The number of thioether (sulfide) groups is 1. The minimum atomic E-state index is -0.515. The molecule has 0 aliphatic heterocycles. The van der Waals surface area contributed by atoms with Gasteiger partial charge in [0.25, 0.3) is 0 Å². The van der Waals surface area contributed by atoms with E-state index >= 15 is 0 Å². The van der Waals surface area contributed by atoms with Crippen molar-refractivity contribution in [1.82, 2.24) is 14.8 Å². The largest absolute Gasteiger partial charge is 0.344 e. The van der Waals surface area contributed by atoms with Crippen molar-refractivity contribution in [2.75, 3.05) is 5.32 Å². The Balaban J connectivity index is 1.70. The van der Waals surface area contributed by atoms with E-state index in [-0.39, 0.29) is 16.6 Å². The second-order valence-corrected chi connectivity index (χ2v) is 7.65. The van der Waals surface area contributed by atoms with Crippen LogP contribution in [0, 0.1) is 11.3 Å². The zero-order valence-corrected chi connectivity index (χ0v) is 16.4. The second-order valence-electron chi connectivity index (χ2n) is 5.94. The summed E-state index contributed by atoms with van der Waals surface area (Å²) >= 11 is 7.16. The molecule has 1 aromatic heterocycles. The van der Waals surface area contributed by atoms with Gasteiger partial charge in [-0.15, -0.1) is 5.10 Å². The first-order chi connectivity index (χ1) is 13.5. The minimum absolute atomic E-state index is 0.268. The second kappa shape index (κ2) is 8.78. The summed E-state index contributed by atoms with van der Waals surface area (Å²) in [5.74, 6) is -0.271. The average molecular weight is 414 g/mol. The number of anilines is 1. The van der Waals surface area contributed by atoms with Crippen LogP contribution in [0.3, 0.4) is 0 Å². The van der Waals surface area contributed by atoms with Gasteiger partial charge in [0, 0.05) is 5.69 Å². The topological polar surface area (TPSA) is 104 Å².